The fourth-order valence-corrected chi connectivity index (χ4v) is 3.87. The molecule has 2 aromatic carbocycles. The van der Waals surface area contributed by atoms with Gasteiger partial charge >= 0.3 is 0 Å². The predicted molar refractivity (Wildman–Crippen MR) is 137 cm³/mol. The van der Waals surface area contributed by atoms with E-state index in [1.165, 1.54) is 5.69 Å². The molecule has 0 saturated carbocycles. The third-order valence-corrected chi connectivity index (χ3v) is 5.67. The van der Waals surface area contributed by atoms with Crippen molar-refractivity contribution in [2.45, 2.75) is 13.8 Å². The zero-order chi connectivity index (χ0) is 23.0. The lowest BCUT2D eigenvalue weighted by Gasteiger charge is -2.21. The zero-order valence-corrected chi connectivity index (χ0v) is 19.2. The van der Waals surface area contributed by atoms with Gasteiger partial charge in [-0.15, -0.1) is 0 Å². The van der Waals surface area contributed by atoms with Gasteiger partial charge in [0.1, 0.15) is 11.5 Å². The maximum absolute atomic E-state index is 5.75. The molecule has 2 heterocycles. The summed E-state index contributed by atoms with van der Waals surface area (Å²) in [7, 11) is 0. The number of furan rings is 2. The summed E-state index contributed by atoms with van der Waals surface area (Å²) >= 11 is 0. The third kappa shape index (κ3) is 5.27. The summed E-state index contributed by atoms with van der Waals surface area (Å²) in [5.41, 5.74) is 4.35. The molecule has 0 radical (unpaired) electrons. The zero-order valence-electron chi connectivity index (χ0n) is 19.2. The molecule has 0 amide bonds. The Morgan fingerprint density at radius 2 is 1.45 bits per heavy atom. The fraction of sp³-hybridized carbons (Fsp3) is 0.133. The van der Waals surface area contributed by atoms with Gasteiger partial charge in [0.05, 0.1) is 12.5 Å². The maximum Gasteiger partial charge on any atom is 0.134 e. The molecule has 0 unspecified atom stereocenters. The van der Waals surface area contributed by atoms with E-state index in [-0.39, 0.29) is 0 Å². The van der Waals surface area contributed by atoms with Crippen LogP contribution in [0.2, 0.25) is 0 Å². The van der Waals surface area contributed by atoms with Crippen molar-refractivity contribution in [2.75, 3.05) is 18.0 Å². The summed E-state index contributed by atoms with van der Waals surface area (Å²) in [6.45, 7) is 10.3. The standard InChI is InChI=1S/C30H29NO2/c1-4-31(5-2)26-19-17-25(18-20-26)28(30-12-8-22-33-30)10-6-9-27(29-11-7-21-32-29)24-15-13-23(3)14-16-24/h6-22H,3-5H2,1-2H3/b9-6+,28-10-. The van der Waals surface area contributed by atoms with E-state index < -0.39 is 0 Å². The highest BCUT2D eigenvalue weighted by Crippen LogP contribution is 2.26. The molecular weight excluding hydrogens is 406 g/mol. The predicted octanol–water partition coefficient (Wildman–Crippen LogP) is 6.02. The highest BCUT2D eigenvalue weighted by molar-refractivity contribution is 5.80. The number of hydrogen-bond donors (Lipinski definition) is 0. The fourth-order valence-electron chi connectivity index (χ4n) is 3.87. The average molecular weight is 436 g/mol. The quantitative estimate of drug-likeness (QED) is 0.317. The Kier molecular flexibility index (Phi) is 7.11. The Hall–Kier alpha value is -3.98. The van der Waals surface area contributed by atoms with E-state index >= 15 is 0 Å². The highest BCUT2D eigenvalue weighted by Gasteiger charge is 2.09. The van der Waals surface area contributed by atoms with Crippen LogP contribution in [0.4, 0.5) is 5.69 Å². The normalized spacial score (nSPS) is 11.8. The number of hydrogen-bond acceptors (Lipinski definition) is 3. The van der Waals surface area contributed by atoms with E-state index in [1.807, 2.05) is 42.5 Å². The van der Waals surface area contributed by atoms with Crippen LogP contribution in [0, 0.1) is 0 Å². The van der Waals surface area contributed by atoms with Crippen LogP contribution in [0.15, 0.2) is 112 Å². The molecule has 0 aliphatic carbocycles. The van der Waals surface area contributed by atoms with E-state index in [2.05, 4.69) is 73.9 Å². The summed E-state index contributed by atoms with van der Waals surface area (Å²) in [4.78, 5) is 2.33. The SMILES string of the molecule is C=c1ccc(=C(/C=C/C=C(/c2ccc(N(CC)CC)cc2)c2ccco2)c2ccco2)cc1. The van der Waals surface area contributed by atoms with Gasteiger partial charge in [0.2, 0.25) is 0 Å². The Labute approximate surface area is 195 Å². The summed E-state index contributed by atoms with van der Waals surface area (Å²) in [5, 5.41) is 2.06. The molecule has 0 bridgehead atoms. The minimum absolute atomic E-state index is 0.819. The lowest BCUT2D eigenvalue weighted by Crippen LogP contribution is -2.21. The first-order valence-corrected chi connectivity index (χ1v) is 11.3. The van der Waals surface area contributed by atoms with Crippen LogP contribution >= 0.6 is 0 Å². The lowest BCUT2D eigenvalue weighted by molar-refractivity contribution is 0.553. The third-order valence-electron chi connectivity index (χ3n) is 5.67. The van der Waals surface area contributed by atoms with E-state index in [4.69, 9.17) is 8.83 Å². The molecule has 0 aliphatic heterocycles. The van der Waals surface area contributed by atoms with Crippen LogP contribution in [0.5, 0.6) is 0 Å². The first kappa shape index (κ1) is 22.2. The first-order valence-electron chi connectivity index (χ1n) is 11.3. The van der Waals surface area contributed by atoms with Crippen LogP contribution in [-0.4, -0.2) is 13.1 Å². The molecule has 3 nitrogen and oxygen atoms in total. The van der Waals surface area contributed by atoms with Crippen molar-refractivity contribution in [3.8, 4) is 0 Å². The van der Waals surface area contributed by atoms with Crippen molar-refractivity contribution in [2.24, 2.45) is 0 Å². The van der Waals surface area contributed by atoms with Gasteiger partial charge in [0, 0.05) is 29.9 Å². The van der Waals surface area contributed by atoms with Gasteiger partial charge in [-0.25, -0.2) is 0 Å². The number of allylic oxidation sites excluding steroid dienone is 3. The molecule has 4 rings (SSSR count). The smallest absolute Gasteiger partial charge is 0.134 e. The molecule has 0 saturated heterocycles. The van der Waals surface area contributed by atoms with Gasteiger partial charge in [-0.3, -0.25) is 0 Å². The van der Waals surface area contributed by atoms with Gasteiger partial charge < -0.3 is 13.7 Å². The lowest BCUT2D eigenvalue weighted by atomic mass is 10.0. The average Bonchev–Trinajstić information content (AvgIpc) is 3.56. The molecule has 3 heteroatoms. The molecule has 0 N–H and O–H groups in total. The van der Waals surface area contributed by atoms with Crippen LogP contribution in [0.25, 0.3) is 17.7 Å². The van der Waals surface area contributed by atoms with E-state index in [0.717, 1.165) is 51.8 Å². The van der Waals surface area contributed by atoms with Crippen LogP contribution < -0.4 is 15.3 Å². The molecule has 0 aliphatic rings. The number of nitrogens with zero attached hydrogens (tertiary/aromatic N) is 1. The molecule has 33 heavy (non-hydrogen) atoms. The topological polar surface area (TPSA) is 29.5 Å². The number of benzene rings is 2. The molecule has 0 atom stereocenters. The van der Waals surface area contributed by atoms with E-state index in [1.54, 1.807) is 12.5 Å². The van der Waals surface area contributed by atoms with Crippen LogP contribution in [-0.2, 0) is 0 Å². The molecule has 0 fully saturated rings. The van der Waals surface area contributed by atoms with Crippen molar-refractivity contribution in [1.29, 1.82) is 0 Å². The summed E-state index contributed by atoms with van der Waals surface area (Å²) < 4.78 is 11.5. The van der Waals surface area contributed by atoms with Gasteiger partial charge in [-0.05, 0) is 66.2 Å². The summed E-state index contributed by atoms with van der Waals surface area (Å²) in [6, 6.07) is 24.6. The minimum atomic E-state index is 0.819. The second-order valence-electron chi connectivity index (χ2n) is 7.72. The molecular formula is C30H29NO2. The first-order chi connectivity index (χ1) is 16.2. The van der Waals surface area contributed by atoms with Crippen molar-refractivity contribution >= 4 is 23.4 Å². The van der Waals surface area contributed by atoms with Gasteiger partial charge in [-0.2, -0.15) is 0 Å². The Morgan fingerprint density at radius 1 is 0.818 bits per heavy atom. The highest BCUT2D eigenvalue weighted by atomic mass is 16.3. The number of anilines is 1. The summed E-state index contributed by atoms with van der Waals surface area (Å²) in [6.07, 6.45) is 9.61. The van der Waals surface area contributed by atoms with Gasteiger partial charge in [-0.1, -0.05) is 61.2 Å². The Balaban J connectivity index is 1.73. The Morgan fingerprint density at radius 3 is 2.03 bits per heavy atom. The van der Waals surface area contributed by atoms with Gasteiger partial charge in [0.15, 0.2) is 0 Å². The van der Waals surface area contributed by atoms with E-state index in [0.29, 0.717) is 0 Å². The molecule has 4 aromatic rings. The van der Waals surface area contributed by atoms with Crippen molar-refractivity contribution in [1.82, 2.24) is 0 Å². The monoisotopic (exact) mass is 435 g/mol. The second kappa shape index (κ2) is 10.6. The van der Waals surface area contributed by atoms with Crippen LogP contribution in [0.3, 0.4) is 0 Å². The van der Waals surface area contributed by atoms with Crippen molar-refractivity contribution in [3.05, 3.63) is 131 Å². The van der Waals surface area contributed by atoms with Crippen molar-refractivity contribution in [3.63, 3.8) is 0 Å². The number of rotatable bonds is 8. The van der Waals surface area contributed by atoms with E-state index in [9.17, 15) is 0 Å². The minimum Gasteiger partial charge on any atom is -0.464 e. The van der Waals surface area contributed by atoms with Crippen molar-refractivity contribution < 1.29 is 8.83 Å². The largest absolute Gasteiger partial charge is 0.464 e. The van der Waals surface area contributed by atoms with Gasteiger partial charge in [0.25, 0.3) is 0 Å². The molecule has 2 aromatic heterocycles. The Bertz CT molecular complexity index is 1300. The molecule has 166 valence electrons. The molecule has 0 spiro atoms. The maximum atomic E-state index is 5.75. The van der Waals surface area contributed by atoms with Crippen LogP contribution in [0.1, 0.15) is 30.9 Å². The second-order valence-corrected chi connectivity index (χ2v) is 7.72. The summed E-state index contributed by atoms with van der Waals surface area (Å²) in [5.74, 6) is 1.65.